The van der Waals surface area contributed by atoms with Gasteiger partial charge in [0.2, 0.25) is 0 Å². The molecule has 184 valence electrons. The van der Waals surface area contributed by atoms with E-state index in [0.717, 1.165) is 36.3 Å². The second-order valence-electron chi connectivity index (χ2n) is 10.7. The number of nitrogens with zero attached hydrogens (tertiary/aromatic N) is 1. The molecule has 2 aromatic rings. The Bertz CT molecular complexity index is 1020. The number of carboxylic acids is 1. The van der Waals surface area contributed by atoms with Gasteiger partial charge in [-0.3, -0.25) is 4.79 Å². The van der Waals surface area contributed by atoms with E-state index in [0.29, 0.717) is 6.54 Å². The molecule has 0 fully saturated rings. The van der Waals surface area contributed by atoms with Gasteiger partial charge >= 0.3 is 12.0 Å². The van der Waals surface area contributed by atoms with Crippen LogP contribution >= 0.6 is 11.8 Å². The monoisotopic (exact) mass is 482 g/mol. The number of amides is 2. The van der Waals surface area contributed by atoms with Crippen LogP contribution < -0.4 is 5.32 Å². The van der Waals surface area contributed by atoms with Crippen LogP contribution in [0.3, 0.4) is 0 Å². The maximum atomic E-state index is 13.3. The van der Waals surface area contributed by atoms with E-state index < -0.39 is 10.7 Å². The van der Waals surface area contributed by atoms with Gasteiger partial charge in [0.1, 0.15) is 4.75 Å². The maximum absolute atomic E-state index is 13.3. The Morgan fingerprint density at radius 3 is 2.26 bits per heavy atom. The maximum Gasteiger partial charge on any atom is 0.322 e. The zero-order valence-corrected chi connectivity index (χ0v) is 22.1. The summed E-state index contributed by atoms with van der Waals surface area (Å²) in [6.07, 6.45) is 3.59. The second-order valence-corrected chi connectivity index (χ2v) is 12.4. The van der Waals surface area contributed by atoms with Crippen LogP contribution in [0.25, 0.3) is 0 Å². The first-order valence-corrected chi connectivity index (χ1v) is 12.9. The lowest BCUT2D eigenvalue weighted by Gasteiger charge is -2.29. The van der Waals surface area contributed by atoms with Crippen molar-refractivity contribution in [2.24, 2.45) is 0 Å². The lowest BCUT2D eigenvalue weighted by Crippen LogP contribution is -2.44. The number of carbonyl (C=O) groups is 2. The van der Waals surface area contributed by atoms with Crippen molar-refractivity contribution in [3.05, 3.63) is 59.2 Å². The number of rotatable bonds is 8. The van der Waals surface area contributed by atoms with E-state index in [1.165, 1.54) is 28.5 Å². The predicted octanol–water partition coefficient (Wildman–Crippen LogP) is 6.74. The number of hydrogen-bond acceptors (Lipinski definition) is 3. The third kappa shape index (κ3) is 6.35. The molecular formula is C28H38N2O3S. The molecule has 6 heteroatoms. The number of carboxylic acid groups (broad SMARTS) is 1. The first kappa shape index (κ1) is 26.1. The van der Waals surface area contributed by atoms with E-state index in [1.807, 2.05) is 23.1 Å². The molecule has 0 heterocycles. The summed E-state index contributed by atoms with van der Waals surface area (Å²) in [5.41, 5.74) is 4.57. The van der Waals surface area contributed by atoms with E-state index in [2.05, 4.69) is 57.3 Å². The third-order valence-corrected chi connectivity index (χ3v) is 7.61. The van der Waals surface area contributed by atoms with Crippen molar-refractivity contribution < 1.29 is 14.7 Å². The van der Waals surface area contributed by atoms with Gasteiger partial charge in [-0.2, -0.15) is 0 Å². The molecule has 0 aromatic heterocycles. The number of anilines is 1. The molecule has 2 amide bonds. The van der Waals surface area contributed by atoms with Gasteiger partial charge in [-0.15, -0.1) is 11.8 Å². The van der Waals surface area contributed by atoms with Crippen LogP contribution in [0.2, 0.25) is 0 Å². The summed E-state index contributed by atoms with van der Waals surface area (Å²) in [6, 6.07) is 14.4. The number of aliphatic carboxylic acids is 1. The van der Waals surface area contributed by atoms with E-state index >= 15 is 0 Å². The van der Waals surface area contributed by atoms with Crippen LogP contribution in [0.1, 0.15) is 71.1 Å². The molecule has 2 N–H and O–H groups in total. The van der Waals surface area contributed by atoms with Crippen LogP contribution in [0.4, 0.5) is 10.5 Å². The minimum atomic E-state index is -0.887. The molecule has 5 nitrogen and oxygen atoms in total. The average molecular weight is 483 g/mol. The van der Waals surface area contributed by atoms with Crippen LogP contribution in [0, 0.1) is 0 Å². The molecule has 1 unspecified atom stereocenters. The highest BCUT2D eigenvalue weighted by molar-refractivity contribution is 8.01. The minimum Gasteiger partial charge on any atom is -0.480 e. The summed E-state index contributed by atoms with van der Waals surface area (Å²) in [7, 11) is 0. The number of thioether (sulfide) groups is 1. The predicted molar refractivity (Wildman–Crippen MR) is 141 cm³/mol. The summed E-state index contributed by atoms with van der Waals surface area (Å²) in [5, 5.41) is 12.6. The van der Waals surface area contributed by atoms with Crippen molar-refractivity contribution in [3.8, 4) is 0 Å². The van der Waals surface area contributed by atoms with Crippen LogP contribution in [-0.2, 0) is 23.1 Å². The highest BCUT2D eigenvalue weighted by Crippen LogP contribution is 2.36. The fourth-order valence-corrected chi connectivity index (χ4v) is 5.23. The molecule has 0 saturated carbocycles. The second kappa shape index (κ2) is 10.4. The van der Waals surface area contributed by atoms with Crippen molar-refractivity contribution >= 4 is 29.4 Å². The van der Waals surface area contributed by atoms with Gasteiger partial charge < -0.3 is 15.3 Å². The van der Waals surface area contributed by atoms with Crippen LogP contribution in [-0.4, -0.2) is 39.3 Å². The summed E-state index contributed by atoms with van der Waals surface area (Å²) < 4.78 is -0.887. The summed E-state index contributed by atoms with van der Waals surface area (Å²) in [5.74, 6) is -0.825. The Morgan fingerprint density at radius 1 is 1.03 bits per heavy atom. The number of carbonyl (C=O) groups excluding carboxylic acids is 1. The highest BCUT2D eigenvalue weighted by Gasteiger charge is 2.32. The number of nitrogens with one attached hydrogen (secondary N) is 1. The van der Waals surface area contributed by atoms with Gasteiger partial charge in [0.05, 0.1) is 0 Å². The first-order valence-electron chi connectivity index (χ1n) is 12.1. The fraction of sp³-hybridized carbons (Fsp3) is 0.500. The largest absolute Gasteiger partial charge is 0.480 e. The molecule has 3 rings (SSSR count). The summed E-state index contributed by atoms with van der Waals surface area (Å²) in [4.78, 5) is 27.8. The normalized spacial score (nSPS) is 15.6. The molecule has 0 aliphatic heterocycles. The standard InChI is InChI=1S/C28H38N2O3S/c1-7-8-15-30(26(33)29-22-12-10-21(11-13-22)27(2,3)4)23-16-19-9-14-24(18-20(19)17-23)34-28(5,6)25(31)32/h9-14,18,23H,7-8,15-17H2,1-6H3,(H,29,33)(H,31,32). The van der Waals surface area contributed by atoms with Gasteiger partial charge in [-0.05, 0) is 79.5 Å². The van der Waals surface area contributed by atoms with E-state index in [1.54, 1.807) is 13.8 Å². The number of fused-ring (bicyclic) bond motifs is 1. The van der Waals surface area contributed by atoms with Crippen LogP contribution in [0.15, 0.2) is 47.4 Å². The average Bonchev–Trinajstić information content (AvgIpc) is 3.16. The zero-order chi connectivity index (χ0) is 25.1. The SMILES string of the molecule is CCCCN(C(=O)Nc1ccc(C(C)(C)C)cc1)C1Cc2ccc(SC(C)(C)C(=O)O)cc2C1. The van der Waals surface area contributed by atoms with Gasteiger partial charge in [-0.25, -0.2) is 4.79 Å². The number of benzene rings is 2. The Balaban J connectivity index is 1.73. The van der Waals surface area contributed by atoms with Gasteiger partial charge in [0, 0.05) is 23.2 Å². The fourth-order valence-electron chi connectivity index (χ4n) is 4.22. The Morgan fingerprint density at radius 2 is 1.68 bits per heavy atom. The van der Waals surface area contributed by atoms with Crippen molar-refractivity contribution in [1.82, 2.24) is 4.90 Å². The molecule has 0 saturated heterocycles. The molecule has 0 radical (unpaired) electrons. The highest BCUT2D eigenvalue weighted by atomic mass is 32.2. The Kier molecular flexibility index (Phi) is 8.02. The Hall–Kier alpha value is -2.47. The molecule has 0 spiro atoms. The van der Waals surface area contributed by atoms with Crippen molar-refractivity contribution in [1.29, 1.82) is 0 Å². The third-order valence-electron chi connectivity index (χ3n) is 6.43. The lowest BCUT2D eigenvalue weighted by atomic mass is 9.87. The number of unbranched alkanes of at least 4 members (excludes halogenated alkanes) is 1. The van der Waals surface area contributed by atoms with Crippen LogP contribution in [0.5, 0.6) is 0 Å². The van der Waals surface area contributed by atoms with E-state index in [-0.39, 0.29) is 17.5 Å². The molecule has 1 aliphatic rings. The molecular weight excluding hydrogens is 444 g/mol. The smallest absolute Gasteiger partial charge is 0.322 e. The number of urea groups is 1. The first-order chi connectivity index (χ1) is 15.9. The minimum absolute atomic E-state index is 0.0589. The van der Waals surface area contributed by atoms with E-state index in [9.17, 15) is 14.7 Å². The summed E-state index contributed by atoms with van der Waals surface area (Å²) in [6.45, 7) is 12.8. The molecule has 1 aliphatic carbocycles. The topological polar surface area (TPSA) is 69.6 Å². The molecule has 0 bridgehead atoms. The van der Waals surface area contributed by atoms with Crippen molar-refractivity contribution in [2.45, 2.75) is 88.3 Å². The number of hydrogen-bond donors (Lipinski definition) is 2. The van der Waals surface area contributed by atoms with E-state index in [4.69, 9.17) is 0 Å². The lowest BCUT2D eigenvalue weighted by molar-refractivity contribution is -0.138. The van der Waals surface area contributed by atoms with Crippen molar-refractivity contribution in [3.63, 3.8) is 0 Å². The van der Waals surface area contributed by atoms with Gasteiger partial charge in [-0.1, -0.05) is 52.3 Å². The summed E-state index contributed by atoms with van der Waals surface area (Å²) >= 11 is 1.36. The zero-order valence-electron chi connectivity index (χ0n) is 21.3. The van der Waals surface area contributed by atoms with Crippen molar-refractivity contribution in [2.75, 3.05) is 11.9 Å². The molecule has 34 heavy (non-hydrogen) atoms. The van der Waals surface area contributed by atoms with Gasteiger partial charge in [0.15, 0.2) is 0 Å². The van der Waals surface area contributed by atoms with Gasteiger partial charge in [0.25, 0.3) is 0 Å². The molecule has 1 atom stereocenters. The Labute approximate surface area is 208 Å². The molecule has 2 aromatic carbocycles. The quantitative estimate of drug-likeness (QED) is 0.409.